The van der Waals surface area contributed by atoms with Crippen LogP contribution in [-0.4, -0.2) is 49.7 Å². The van der Waals surface area contributed by atoms with Gasteiger partial charge in [-0.05, 0) is 19.4 Å². The molecule has 0 spiro atoms. The van der Waals surface area contributed by atoms with Crippen molar-refractivity contribution in [3.63, 3.8) is 0 Å². The van der Waals surface area contributed by atoms with Gasteiger partial charge in [0.2, 0.25) is 5.91 Å². The van der Waals surface area contributed by atoms with Crippen molar-refractivity contribution in [2.24, 2.45) is 11.7 Å². The third kappa shape index (κ3) is 5.36. The van der Waals surface area contributed by atoms with Gasteiger partial charge in [-0.3, -0.25) is 9.69 Å². The fourth-order valence-corrected chi connectivity index (χ4v) is 2.01. The lowest BCUT2D eigenvalue weighted by molar-refractivity contribution is -0.152. The summed E-state index contributed by atoms with van der Waals surface area (Å²) in [6.07, 6.45) is -2.93. The van der Waals surface area contributed by atoms with E-state index < -0.39 is 12.7 Å². The minimum Gasteiger partial charge on any atom is -0.355 e. The summed E-state index contributed by atoms with van der Waals surface area (Å²) in [5.74, 6) is -0.542. The molecular formula is C10H18F3N3O. The van der Waals surface area contributed by atoms with Gasteiger partial charge in [0.15, 0.2) is 0 Å². The molecule has 0 radical (unpaired) electrons. The lowest BCUT2D eigenvalue weighted by atomic mass is 9.97. The Morgan fingerprint density at radius 3 is 2.76 bits per heavy atom. The Hall–Kier alpha value is -0.820. The van der Waals surface area contributed by atoms with E-state index in [1.807, 2.05) is 0 Å². The molecule has 1 unspecified atom stereocenters. The van der Waals surface area contributed by atoms with Gasteiger partial charge < -0.3 is 11.1 Å². The van der Waals surface area contributed by atoms with Crippen LogP contribution in [0.15, 0.2) is 0 Å². The van der Waals surface area contributed by atoms with Crippen LogP contribution in [0.2, 0.25) is 0 Å². The van der Waals surface area contributed by atoms with Gasteiger partial charge in [0.25, 0.3) is 0 Å². The number of hydrogen-bond donors (Lipinski definition) is 2. The summed E-state index contributed by atoms with van der Waals surface area (Å²) in [5, 5.41) is 2.61. The number of likely N-dealkylation sites (tertiary alicyclic amines) is 1. The molecule has 1 heterocycles. The molecule has 0 aliphatic carbocycles. The molecule has 1 aliphatic rings. The molecule has 3 N–H and O–H groups in total. The molecule has 0 bridgehead atoms. The van der Waals surface area contributed by atoms with E-state index in [1.165, 1.54) is 4.90 Å². The number of nitrogens with zero attached hydrogens (tertiary/aromatic N) is 1. The molecule has 1 amide bonds. The summed E-state index contributed by atoms with van der Waals surface area (Å²) in [6.45, 7) is 0.350. The van der Waals surface area contributed by atoms with Crippen LogP contribution in [0, 0.1) is 5.92 Å². The summed E-state index contributed by atoms with van der Waals surface area (Å²) >= 11 is 0. The molecular weight excluding hydrogens is 235 g/mol. The van der Waals surface area contributed by atoms with Crippen LogP contribution < -0.4 is 11.1 Å². The Labute approximate surface area is 98.3 Å². The van der Waals surface area contributed by atoms with E-state index in [0.717, 1.165) is 0 Å². The summed E-state index contributed by atoms with van der Waals surface area (Å²) in [7, 11) is 0. The number of carbonyl (C=O) groups excluding carboxylic acids is 1. The molecule has 1 saturated heterocycles. The molecule has 100 valence electrons. The first kappa shape index (κ1) is 14.2. The number of alkyl halides is 3. The summed E-state index contributed by atoms with van der Waals surface area (Å²) in [5.41, 5.74) is 5.24. The van der Waals surface area contributed by atoms with Gasteiger partial charge in [-0.1, -0.05) is 0 Å². The number of hydrogen-bond acceptors (Lipinski definition) is 3. The van der Waals surface area contributed by atoms with Crippen molar-refractivity contribution in [3.05, 3.63) is 0 Å². The fourth-order valence-electron chi connectivity index (χ4n) is 2.01. The molecule has 1 rings (SSSR count). The predicted molar refractivity (Wildman–Crippen MR) is 57.3 cm³/mol. The molecule has 0 saturated carbocycles. The standard InChI is InChI=1S/C10H18F3N3O/c11-10(12,13)7-16-5-1-2-8(6-16)9(17)15-4-3-14/h8H,1-7,14H2,(H,15,17). The van der Waals surface area contributed by atoms with Crippen molar-refractivity contribution < 1.29 is 18.0 Å². The highest BCUT2D eigenvalue weighted by Crippen LogP contribution is 2.22. The molecule has 0 aromatic heterocycles. The maximum atomic E-state index is 12.2. The van der Waals surface area contributed by atoms with Crippen molar-refractivity contribution in [1.82, 2.24) is 10.2 Å². The molecule has 0 aromatic carbocycles. The van der Waals surface area contributed by atoms with Gasteiger partial charge in [-0.15, -0.1) is 0 Å². The van der Waals surface area contributed by atoms with E-state index in [1.54, 1.807) is 0 Å². The molecule has 1 aliphatic heterocycles. The minimum absolute atomic E-state index is 0.177. The average molecular weight is 253 g/mol. The van der Waals surface area contributed by atoms with Crippen LogP contribution in [0.5, 0.6) is 0 Å². The first-order valence-electron chi connectivity index (χ1n) is 5.69. The van der Waals surface area contributed by atoms with E-state index >= 15 is 0 Å². The van der Waals surface area contributed by atoms with Crippen LogP contribution in [0.1, 0.15) is 12.8 Å². The number of piperidine rings is 1. The maximum absolute atomic E-state index is 12.2. The summed E-state index contributed by atoms with van der Waals surface area (Å²) in [4.78, 5) is 12.9. The Balaban J connectivity index is 2.40. The van der Waals surface area contributed by atoms with E-state index in [0.29, 0.717) is 32.5 Å². The molecule has 1 atom stereocenters. The summed E-state index contributed by atoms with van der Waals surface area (Å²) < 4.78 is 36.6. The zero-order valence-electron chi connectivity index (χ0n) is 9.59. The highest BCUT2D eigenvalue weighted by Gasteiger charge is 2.34. The van der Waals surface area contributed by atoms with Gasteiger partial charge in [-0.2, -0.15) is 13.2 Å². The fraction of sp³-hybridized carbons (Fsp3) is 0.900. The van der Waals surface area contributed by atoms with Crippen LogP contribution in [0.3, 0.4) is 0 Å². The molecule has 1 fully saturated rings. The van der Waals surface area contributed by atoms with Gasteiger partial charge in [0, 0.05) is 19.6 Å². The van der Waals surface area contributed by atoms with E-state index in [-0.39, 0.29) is 18.4 Å². The number of halogens is 3. The van der Waals surface area contributed by atoms with E-state index in [4.69, 9.17) is 5.73 Å². The third-order valence-corrected chi connectivity index (χ3v) is 2.72. The second-order valence-corrected chi connectivity index (χ2v) is 4.27. The average Bonchev–Trinajstić information content (AvgIpc) is 2.24. The number of nitrogens with one attached hydrogen (secondary N) is 1. The van der Waals surface area contributed by atoms with E-state index in [9.17, 15) is 18.0 Å². The largest absolute Gasteiger partial charge is 0.401 e. The molecule has 0 aromatic rings. The zero-order valence-corrected chi connectivity index (χ0v) is 9.59. The highest BCUT2D eigenvalue weighted by molar-refractivity contribution is 5.78. The Bertz CT molecular complexity index is 258. The molecule has 7 heteroatoms. The predicted octanol–water partition coefficient (Wildman–Crippen LogP) is 0.336. The quantitative estimate of drug-likeness (QED) is 0.759. The number of nitrogens with two attached hydrogens (primary N) is 1. The third-order valence-electron chi connectivity index (χ3n) is 2.72. The second kappa shape index (κ2) is 6.20. The first-order chi connectivity index (χ1) is 7.92. The zero-order chi connectivity index (χ0) is 12.9. The maximum Gasteiger partial charge on any atom is 0.401 e. The monoisotopic (exact) mass is 253 g/mol. The van der Waals surface area contributed by atoms with Crippen molar-refractivity contribution >= 4 is 5.91 Å². The SMILES string of the molecule is NCCNC(=O)C1CCCN(CC(F)(F)F)C1. The molecule has 17 heavy (non-hydrogen) atoms. The van der Waals surface area contributed by atoms with Crippen LogP contribution in [-0.2, 0) is 4.79 Å². The smallest absolute Gasteiger partial charge is 0.355 e. The second-order valence-electron chi connectivity index (χ2n) is 4.27. The Morgan fingerprint density at radius 2 is 2.18 bits per heavy atom. The van der Waals surface area contributed by atoms with Gasteiger partial charge in [0.1, 0.15) is 0 Å². The first-order valence-corrected chi connectivity index (χ1v) is 5.69. The van der Waals surface area contributed by atoms with Crippen LogP contribution in [0.4, 0.5) is 13.2 Å². The van der Waals surface area contributed by atoms with Crippen LogP contribution >= 0.6 is 0 Å². The molecule has 4 nitrogen and oxygen atoms in total. The van der Waals surface area contributed by atoms with Crippen molar-refractivity contribution in [2.75, 3.05) is 32.7 Å². The summed E-state index contributed by atoms with van der Waals surface area (Å²) in [6, 6.07) is 0. The van der Waals surface area contributed by atoms with E-state index in [2.05, 4.69) is 5.32 Å². The Kier molecular flexibility index (Phi) is 5.20. The van der Waals surface area contributed by atoms with Gasteiger partial charge in [0.05, 0.1) is 12.5 Å². The van der Waals surface area contributed by atoms with Crippen LogP contribution in [0.25, 0.3) is 0 Å². The van der Waals surface area contributed by atoms with Crippen molar-refractivity contribution in [1.29, 1.82) is 0 Å². The topological polar surface area (TPSA) is 58.4 Å². The number of rotatable bonds is 4. The normalized spacial score (nSPS) is 22.5. The Morgan fingerprint density at radius 1 is 1.47 bits per heavy atom. The lowest BCUT2D eigenvalue weighted by Gasteiger charge is -2.32. The minimum atomic E-state index is -4.20. The van der Waals surface area contributed by atoms with Crippen molar-refractivity contribution in [2.45, 2.75) is 19.0 Å². The highest BCUT2D eigenvalue weighted by atomic mass is 19.4. The van der Waals surface area contributed by atoms with Gasteiger partial charge in [-0.25, -0.2) is 0 Å². The number of carbonyl (C=O) groups is 1. The lowest BCUT2D eigenvalue weighted by Crippen LogP contribution is -2.46. The van der Waals surface area contributed by atoms with Crippen molar-refractivity contribution in [3.8, 4) is 0 Å². The number of amides is 1. The van der Waals surface area contributed by atoms with Gasteiger partial charge >= 0.3 is 6.18 Å².